The van der Waals surface area contributed by atoms with E-state index in [1.165, 1.54) is 5.56 Å². The number of carbonyl (C=O) groups excluding carboxylic acids is 1. The Kier molecular flexibility index (Phi) is 4.60. The molecule has 130 valence electrons. The average Bonchev–Trinajstić information content (AvgIpc) is 2.68. The van der Waals surface area contributed by atoms with E-state index in [9.17, 15) is 4.79 Å². The number of hydrogen-bond donors (Lipinski definition) is 1. The van der Waals surface area contributed by atoms with Crippen LogP contribution in [0.15, 0.2) is 67.0 Å². The summed E-state index contributed by atoms with van der Waals surface area (Å²) in [5.74, 6) is 0.491. The summed E-state index contributed by atoms with van der Waals surface area (Å²) in [6, 6.07) is 17.5. The van der Waals surface area contributed by atoms with Gasteiger partial charge < -0.3 is 10.1 Å². The molecule has 1 aromatic heterocycles. The Morgan fingerprint density at radius 2 is 1.88 bits per heavy atom. The number of aryl methyl sites for hydroxylation is 1. The van der Waals surface area contributed by atoms with Crippen LogP contribution in [0.1, 0.15) is 29.9 Å². The van der Waals surface area contributed by atoms with Crippen LogP contribution in [0.3, 0.4) is 0 Å². The molecular weight excluding hydrogens is 326 g/mol. The quantitative estimate of drug-likeness (QED) is 0.764. The number of anilines is 1. The molecule has 0 fully saturated rings. The van der Waals surface area contributed by atoms with Crippen molar-refractivity contribution in [3.8, 4) is 11.8 Å². The number of nitrogens with zero attached hydrogens (tertiary/aromatic N) is 2. The minimum atomic E-state index is -0.109. The minimum absolute atomic E-state index is 0.0188. The molecule has 26 heavy (non-hydrogen) atoms. The minimum Gasteiger partial charge on any atom is -0.424 e. The van der Waals surface area contributed by atoms with Crippen LogP contribution in [-0.2, 0) is 11.2 Å². The third-order valence-electron chi connectivity index (χ3n) is 4.54. The van der Waals surface area contributed by atoms with Crippen molar-refractivity contribution in [2.75, 3.05) is 5.32 Å². The number of nitrogens with one attached hydrogen (secondary N) is 1. The van der Waals surface area contributed by atoms with Gasteiger partial charge >= 0.3 is 6.01 Å². The fourth-order valence-corrected chi connectivity index (χ4v) is 3.34. The third kappa shape index (κ3) is 3.57. The van der Waals surface area contributed by atoms with E-state index in [-0.39, 0.29) is 17.8 Å². The molecule has 0 saturated heterocycles. The summed E-state index contributed by atoms with van der Waals surface area (Å²) in [4.78, 5) is 20.9. The van der Waals surface area contributed by atoms with Crippen molar-refractivity contribution in [1.29, 1.82) is 0 Å². The van der Waals surface area contributed by atoms with Crippen LogP contribution < -0.4 is 10.1 Å². The maximum Gasteiger partial charge on any atom is 0.321 e. The highest BCUT2D eigenvalue weighted by Gasteiger charge is 2.26. The standard InChI is InChI=1S/C21H19N3O2/c25-20(19-11-3-7-15-6-1-2-10-18(15)19)24-16-8-4-9-17(14-16)26-21-22-12-5-13-23-21/h1-2,4-6,8-10,12-14,19H,3,7,11H2,(H,24,25). The second-order valence-electron chi connectivity index (χ2n) is 6.29. The Bertz CT molecular complexity index is 912. The summed E-state index contributed by atoms with van der Waals surface area (Å²) in [6.07, 6.45) is 6.18. The number of benzene rings is 2. The van der Waals surface area contributed by atoms with Crippen LogP contribution in [0, 0.1) is 0 Å². The second-order valence-corrected chi connectivity index (χ2v) is 6.29. The van der Waals surface area contributed by atoms with Crippen molar-refractivity contribution in [1.82, 2.24) is 9.97 Å². The van der Waals surface area contributed by atoms with Crippen LogP contribution in [0.25, 0.3) is 0 Å². The lowest BCUT2D eigenvalue weighted by Crippen LogP contribution is -2.24. The van der Waals surface area contributed by atoms with Crippen LogP contribution in [-0.4, -0.2) is 15.9 Å². The van der Waals surface area contributed by atoms with Crippen molar-refractivity contribution in [3.05, 3.63) is 78.1 Å². The lowest BCUT2D eigenvalue weighted by molar-refractivity contribution is -0.117. The van der Waals surface area contributed by atoms with Gasteiger partial charge in [0, 0.05) is 24.1 Å². The molecule has 0 spiro atoms. The molecule has 0 radical (unpaired) electrons. The zero-order chi connectivity index (χ0) is 17.8. The fourth-order valence-electron chi connectivity index (χ4n) is 3.34. The normalized spacial score (nSPS) is 15.8. The van der Waals surface area contributed by atoms with Crippen molar-refractivity contribution in [2.45, 2.75) is 25.2 Å². The van der Waals surface area contributed by atoms with E-state index in [4.69, 9.17) is 4.74 Å². The summed E-state index contributed by atoms with van der Waals surface area (Å²) in [7, 11) is 0. The van der Waals surface area contributed by atoms with Gasteiger partial charge in [-0.1, -0.05) is 30.3 Å². The third-order valence-corrected chi connectivity index (χ3v) is 4.54. The number of hydrogen-bond acceptors (Lipinski definition) is 4. The first-order valence-corrected chi connectivity index (χ1v) is 8.73. The van der Waals surface area contributed by atoms with Crippen LogP contribution in [0.4, 0.5) is 5.69 Å². The highest BCUT2D eigenvalue weighted by atomic mass is 16.5. The van der Waals surface area contributed by atoms with Crippen LogP contribution in [0.5, 0.6) is 11.8 Å². The van der Waals surface area contributed by atoms with E-state index in [2.05, 4.69) is 27.4 Å². The number of ether oxygens (including phenoxy) is 1. The number of carbonyl (C=O) groups is 1. The van der Waals surface area contributed by atoms with E-state index >= 15 is 0 Å². The first-order chi connectivity index (χ1) is 12.8. The Hall–Kier alpha value is -3.21. The van der Waals surface area contributed by atoms with Gasteiger partial charge in [0.15, 0.2) is 0 Å². The van der Waals surface area contributed by atoms with E-state index in [1.807, 2.05) is 30.3 Å². The van der Waals surface area contributed by atoms with E-state index in [1.54, 1.807) is 24.5 Å². The Labute approximate surface area is 152 Å². The van der Waals surface area contributed by atoms with Gasteiger partial charge in [0.25, 0.3) is 0 Å². The largest absolute Gasteiger partial charge is 0.424 e. The van der Waals surface area contributed by atoms with E-state index < -0.39 is 0 Å². The number of fused-ring (bicyclic) bond motifs is 1. The summed E-state index contributed by atoms with van der Waals surface area (Å²) in [5, 5.41) is 3.02. The molecule has 3 aromatic rings. The molecular formula is C21H19N3O2. The van der Waals surface area contributed by atoms with Gasteiger partial charge in [-0.05, 0) is 48.6 Å². The van der Waals surface area contributed by atoms with Gasteiger partial charge in [0.05, 0.1) is 5.92 Å². The zero-order valence-corrected chi connectivity index (χ0v) is 14.3. The highest BCUT2D eigenvalue weighted by molar-refractivity contribution is 5.96. The number of amides is 1. The molecule has 1 amide bonds. The van der Waals surface area contributed by atoms with Gasteiger partial charge in [0.2, 0.25) is 5.91 Å². The molecule has 5 heteroatoms. The first kappa shape index (κ1) is 16.3. The molecule has 0 bridgehead atoms. The molecule has 0 saturated carbocycles. The van der Waals surface area contributed by atoms with E-state index in [0.29, 0.717) is 11.4 Å². The molecule has 1 atom stereocenters. The summed E-state index contributed by atoms with van der Waals surface area (Å²) in [6.45, 7) is 0. The maximum absolute atomic E-state index is 12.8. The van der Waals surface area contributed by atoms with Gasteiger partial charge in [0.1, 0.15) is 5.75 Å². The SMILES string of the molecule is O=C(Nc1cccc(Oc2ncccn2)c1)C1CCCc2ccccc21. The monoisotopic (exact) mass is 345 g/mol. The molecule has 2 aromatic carbocycles. The molecule has 1 aliphatic carbocycles. The Balaban J connectivity index is 1.49. The predicted molar refractivity (Wildman–Crippen MR) is 99.3 cm³/mol. The topological polar surface area (TPSA) is 64.1 Å². The summed E-state index contributed by atoms with van der Waals surface area (Å²) < 4.78 is 5.63. The molecule has 1 aliphatic rings. The molecule has 0 aliphatic heterocycles. The predicted octanol–water partition coefficient (Wildman–Crippen LogP) is 4.33. The van der Waals surface area contributed by atoms with Crippen molar-refractivity contribution in [2.24, 2.45) is 0 Å². The molecule has 1 N–H and O–H groups in total. The van der Waals surface area contributed by atoms with Gasteiger partial charge in [-0.3, -0.25) is 4.79 Å². The zero-order valence-electron chi connectivity index (χ0n) is 14.3. The molecule has 1 unspecified atom stereocenters. The van der Waals surface area contributed by atoms with E-state index in [0.717, 1.165) is 24.8 Å². The second kappa shape index (κ2) is 7.35. The van der Waals surface area contributed by atoms with Crippen molar-refractivity contribution in [3.63, 3.8) is 0 Å². The fraction of sp³-hybridized carbons (Fsp3) is 0.190. The molecule has 5 nitrogen and oxygen atoms in total. The lowest BCUT2D eigenvalue weighted by atomic mass is 9.82. The summed E-state index contributed by atoms with van der Waals surface area (Å²) >= 11 is 0. The lowest BCUT2D eigenvalue weighted by Gasteiger charge is -2.24. The Morgan fingerprint density at radius 1 is 1.04 bits per heavy atom. The smallest absolute Gasteiger partial charge is 0.321 e. The van der Waals surface area contributed by atoms with Gasteiger partial charge in [-0.2, -0.15) is 0 Å². The number of rotatable bonds is 4. The molecule has 1 heterocycles. The van der Waals surface area contributed by atoms with Crippen LogP contribution >= 0.6 is 0 Å². The first-order valence-electron chi connectivity index (χ1n) is 8.73. The maximum atomic E-state index is 12.8. The van der Waals surface area contributed by atoms with Gasteiger partial charge in [-0.25, -0.2) is 9.97 Å². The van der Waals surface area contributed by atoms with Crippen LogP contribution in [0.2, 0.25) is 0 Å². The Morgan fingerprint density at radius 3 is 2.77 bits per heavy atom. The highest BCUT2D eigenvalue weighted by Crippen LogP contribution is 2.32. The average molecular weight is 345 g/mol. The van der Waals surface area contributed by atoms with Gasteiger partial charge in [-0.15, -0.1) is 0 Å². The van der Waals surface area contributed by atoms with Crippen molar-refractivity contribution >= 4 is 11.6 Å². The number of aromatic nitrogens is 2. The van der Waals surface area contributed by atoms with Crippen molar-refractivity contribution < 1.29 is 9.53 Å². The summed E-state index contributed by atoms with van der Waals surface area (Å²) in [5.41, 5.74) is 3.12. The molecule has 4 rings (SSSR count).